The van der Waals surface area contributed by atoms with Gasteiger partial charge in [0.2, 0.25) is 0 Å². The second-order valence-electron chi connectivity index (χ2n) is 3.23. The van der Waals surface area contributed by atoms with Crippen LogP contribution >= 0.6 is 0 Å². The average molecular weight is 190 g/mol. The molecule has 0 atom stereocenters. The average Bonchev–Trinajstić information content (AvgIpc) is 2.64. The van der Waals surface area contributed by atoms with E-state index < -0.39 is 0 Å². The molecular weight excluding hydrogens is 172 g/mol. The Morgan fingerprint density at radius 1 is 1.21 bits per heavy atom. The highest BCUT2D eigenvalue weighted by Crippen LogP contribution is 2.16. The largest absolute Gasteiger partial charge is 0.330 e. The van der Waals surface area contributed by atoms with E-state index in [9.17, 15) is 0 Å². The molecule has 2 aromatic rings. The Balaban J connectivity index is 0.000000461. The van der Waals surface area contributed by atoms with E-state index >= 15 is 0 Å². The molecule has 0 unspecified atom stereocenters. The molecule has 0 N–H and O–H groups in total. The predicted molar refractivity (Wildman–Crippen MR) is 61.5 cm³/mol. The molecule has 14 heavy (non-hydrogen) atoms. The second-order valence-corrected chi connectivity index (χ2v) is 3.23. The normalized spacial score (nSPS) is 10.1. The zero-order chi connectivity index (χ0) is 10.6. The Kier molecular flexibility index (Phi) is 3.69. The van der Waals surface area contributed by atoms with Crippen molar-refractivity contribution in [3.63, 3.8) is 0 Å². The minimum Gasteiger partial charge on any atom is -0.330 e. The zero-order valence-electron chi connectivity index (χ0n) is 9.36. The van der Waals surface area contributed by atoms with E-state index in [0.29, 0.717) is 6.04 Å². The number of fused-ring (bicyclic) bond motifs is 1. The van der Waals surface area contributed by atoms with Crippen molar-refractivity contribution in [3.05, 3.63) is 30.6 Å². The Labute approximate surface area is 85.6 Å². The fourth-order valence-corrected chi connectivity index (χ4v) is 1.40. The van der Waals surface area contributed by atoms with Crippen molar-refractivity contribution < 1.29 is 0 Å². The van der Waals surface area contributed by atoms with Crippen LogP contribution in [0.25, 0.3) is 11.0 Å². The third kappa shape index (κ3) is 1.95. The molecule has 0 amide bonds. The first-order valence-corrected chi connectivity index (χ1v) is 5.20. The van der Waals surface area contributed by atoms with Crippen LogP contribution in [-0.4, -0.2) is 9.55 Å². The summed E-state index contributed by atoms with van der Waals surface area (Å²) in [5.41, 5.74) is 1.08. The van der Waals surface area contributed by atoms with Gasteiger partial charge in [0.1, 0.15) is 5.65 Å². The first-order valence-electron chi connectivity index (χ1n) is 5.20. The van der Waals surface area contributed by atoms with Gasteiger partial charge in [-0.05, 0) is 32.0 Å². The van der Waals surface area contributed by atoms with Crippen molar-refractivity contribution >= 4 is 11.0 Å². The van der Waals surface area contributed by atoms with E-state index in [-0.39, 0.29) is 0 Å². The lowest BCUT2D eigenvalue weighted by Crippen LogP contribution is -1.98. The summed E-state index contributed by atoms with van der Waals surface area (Å²) in [5.74, 6) is 0. The molecule has 0 saturated carbocycles. The van der Waals surface area contributed by atoms with Crippen LogP contribution in [0.1, 0.15) is 33.7 Å². The Morgan fingerprint density at radius 2 is 1.93 bits per heavy atom. The van der Waals surface area contributed by atoms with Crippen molar-refractivity contribution in [1.82, 2.24) is 9.55 Å². The predicted octanol–water partition coefficient (Wildman–Crippen LogP) is 3.64. The van der Waals surface area contributed by atoms with Crippen LogP contribution < -0.4 is 0 Å². The number of hydrogen-bond donors (Lipinski definition) is 0. The van der Waals surface area contributed by atoms with E-state index in [4.69, 9.17) is 0 Å². The van der Waals surface area contributed by atoms with E-state index in [1.807, 2.05) is 26.1 Å². The molecule has 0 aliphatic carbocycles. The third-order valence-corrected chi connectivity index (χ3v) is 2.03. The standard InChI is InChI=1S/C10H12N2.C2H6/c1-8(2)12-7-5-9-4-3-6-11-10(9)12;1-2/h3-8H,1-2H3;1-2H3. The fraction of sp³-hybridized carbons (Fsp3) is 0.417. The van der Waals surface area contributed by atoms with Crippen LogP contribution in [-0.2, 0) is 0 Å². The number of aromatic nitrogens is 2. The van der Waals surface area contributed by atoms with Gasteiger partial charge in [0.15, 0.2) is 0 Å². The van der Waals surface area contributed by atoms with Crippen LogP contribution in [0.3, 0.4) is 0 Å². The summed E-state index contributed by atoms with van der Waals surface area (Å²) in [6.45, 7) is 8.32. The highest BCUT2D eigenvalue weighted by Gasteiger charge is 2.02. The Morgan fingerprint density at radius 3 is 2.57 bits per heavy atom. The number of pyridine rings is 1. The molecule has 0 radical (unpaired) electrons. The van der Waals surface area contributed by atoms with E-state index in [1.54, 1.807) is 0 Å². The topological polar surface area (TPSA) is 17.8 Å². The molecular formula is C12H18N2. The van der Waals surface area contributed by atoms with E-state index in [1.165, 1.54) is 5.39 Å². The SMILES string of the molecule is CC.CC(C)n1ccc2cccnc21. The summed E-state index contributed by atoms with van der Waals surface area (Å²) >= 11 is 0. The molecule has 0 fully saturated rings. The second kappa shape index (κ2) is 4.80. The molecule has 2 heteroatoms. The summed E-state index contributed by atoms with van der Waals surface area (Å²) in [4.78, 5) is 4.33. The van der Waals surface area contributed by atoms with Gasteiger partial charge in [0.25, 0.3) is 0 Å². The smallest absolute Gasteiger partial charge is 0.140 e. The number of rotatable bonds is 1. The molecule has 76 valence electrons. The van der Waals surface area contributed by atoms with Crippen molar-refractivity contribution in [2.24, 2.45) is 0 Å². The van der Waals surface area contributed by atoms with Gasteiger partial charge in [0.05, 0.1) is 0 Å². The Hall–Kier alpha value is -1.31. The molecule has 0 aliphatic rings. The minimum absolute atomic E-state index is 0.484. The fourth-order valence-electron chi connectivity index (χ4n) is 1.40. The van der Waals surface area contributed by atoms with Gasteiger partial charge >= 0.3 is 0 Å². The van der Waals surface area contributed by atoms with Crippen LogP contribution in [0, 0.1) is 0 Å². The van der Waals surface area contributed by atoms with Gasteiger partial charge in [-0.2, -0.15) is 0 Å². The van der Waals surface area contributed by atoms with Crippen molar-refractivity contribution in [2.45, 2.75) is 33.7 Å². The lowest BCUT2D eigenvalue weighted by atomic mass is 10.3. The van der Waals surface area contributed by atoms with Crippen LogP contribution in [0.5, 0.6) is 0 Å². The van der Waals surface area contributed by atoms with E-state index in [2.05, 4.69) is 41.7 Å². The summed E-state index contributed by atoms with van der Waals surface area (Å²) in [6, 6.07) is 6.63. The first kappa shape index (κ1) is 10.8. The first-order chi connectivity index (χ1) is 6.79. The van der Waals surface area contributed by atoms with Crippen molar-refractivity contribution in [1.29, 1.82) is 0 Å². The molecule has 2 aromatic heterocycles. The quantitative estimate of drug-likeness (QED) is 0.671. The zero-order valence-corrected chi connectivity index (χ0v) is 9.36. The highest BCUT2D eigenvalue weighted by atomic mass is 15.0. The summed E-state index contributed by atoms with van der Waals surface area (Å²) in [6.07, 6.45) is 3.92. The maximum Gasteiger partial charge on any atom is 0.140 e. The maximum absolute atomic E-state index is 4.33. The number of nitrogens with zero attached hydrogens (tertiary/aromatic N) is 2. The van der Waals surface area contributed by atoms with Gasteiger partial charge in [-0.3, -0.25) is 0 Å². The Bertz CT molecular complexity index is 388. The highest BCUT2D eigenvalue weighted by molar-refractivity contribution is 5.75. The molecule has 2 rings (SSSR count). The summed E-state index contributed by atoms with van der Waals surface area (Å²) < 4.78 is 2.18. The van der Waals surface area contributed by atoms with Crippen LogP contribution in [0.4, 0.5) is 0 Å². The summed E-state index contributed by atoms with van der Waals surface area (Å²) in [5, 5.41) is 1.21. The van der Waals surface area contributed by atoms with Gasteiger partial charge in [0, 0.05) is 23.8 Å². The molecule has 0 saturated heterocycles. The maximum atomic E-state index is 4.33. The van der Waals surface area contributed by atoms with Gasteiger partial charge < -0.3 is 4.57 Å². The lowest BCUT2D eigenvalue weighted by Gasteiger charge is -2.07. The summed E-state index contributed by atoms with van der Waals surface area (Å²) in [7, 11) is 0. The van der Waals surface area contributed by atoms with Crippen molar-refractivity contribution in [2.75, 3.05) is 0 Å². The minimum atomic E-state index is 0.484. The van der Waals surface area contributed by atoms with Gasteiger partial charge in [-0.1, -0.05) is 13.8 Å². The third-order valence-electron chi connectivity index (χ3n) is 2.03. The molecule has 0 aliphatic heterocycles. The monoisotopic (exact) mass is 190 g/mol. The molecule has 2 nitrogen and oxygen atoms in total. The molecule has 0 aromatic carbocycles. The molecule has 0 spiro atoms. The van der Waals surface area contributed by atoms with E-state index in [0.717, 1.165) is 5.65 Å². The molecule has 0 bridgehead atoms. The molecule has 2 heterocycles. The van der Waals surface area contributed by atoms with Crippen molar-refractivity contribution in [3.8, 4) is 0 Å². The van der Waals surface area contributed by atoms with Crippen LogP contribution in [0.2, 0.25) is 0 Å². The number of hydrogen-bond acceptors (Lipinski definition) is 1. The lowest BCUT2D eigenvalue weighted by molar-refractivity contribution is 0.618. The van der Waals surface area contributed by atoms with Gasteiger partial charge in [-0.25, -0.2) is 4.98 Å². The van der Waals surface area contributed by atoms with Gasteiger partial charge in [-0.15, -0.1) is 0 Å². The van der Waals surface area contributed by atoms with Crippen LogP contribution in [0.15, 0.2) is 30.6 Å².